The molecule has 0 saturated carbocycles. The molecule has 0 aromatic carbocycles. The van der Waals surface area contributed by atoms with Crippen LogP contribution in [0.2, 0.25) is 5.28 Å². The van der Waals surface area contributed by atoms with Crippen molar-refractivity contribution in [1.29, 1.82) is 0 Å². The van der Waals surface area contributed by atoms with Crippen molar-refractivity contribution in [1.82, 2.24) is 30.9 Å². The third kappa shape index (κ3) is 8.61. The average Bonchev–Trinajstić information content (AvgIpc) is 2.39. The van der Waals surface area contributed by atoms with E-state index in [0.29, 0.717) is 11.9 Å². The first kappa shape index (κ1) is 17.8. The quantitative estimate of drug-likeness (QED) is 0.559. The fourth-order valence-electron chi connectivity index (χ4n) is 1.43. The van der Waals surface area contributed by atoms with Crippen molar-refractivity contribution in [3.63, 3.8) is 0 Å². The van der Waals surface area contributed by atoms with Crippen molar-refractivity contribution < 1.29 is 0 Å². The lowest BCUT2D eigenvalue weighted by Crippen LogP contribution is -2.47. The third-order valence-corrected chi connectivity index (χ3v) is 2.35. The molecule has 0 bridgehead atoms. The number of aromatic nitrogens is 3. The van der Waals surface area contributed by atoms with Crippen LogP contribution < -0.4 is 26.6 Å². The highest BCUT2D eigenvalue weighted by molar-refractivity contribution is 6.28. The van der Waals surface area contributed by atoms with Crippen LogP contribution in [0.25, 0.3) is 0 Å². The summed E-state index contributed by atoms with van der Waals surface area (Å²) < 4.78 is 0. The lowest BCUT2D eigenvalue weighted by Gasteiger charge is -2.20. The lowest BCUT2D eigenvalue weighted by molar-refractivity contribution is 0.443. The zero-order valence-electron chi connectivity index (χ0n) is 13.0. The van der Waals surface area contributed by atoms with E-state index in [1.165, 1.54) is 0 Å². The topological polar surface area (TPSA) is 98.8 Å². The maximum Gasteiger partial charge on any atom is 0.229 e. The van der Waals surface area contributed by atoms with Gasteiger partial charge in [0.25, 0.3) is 0 Å². The standard InChI is InChI=1S/C9H16ClN5.C3H9N3/c1-5-11-7-12-6(10)13-8(14-7)15-9(2,3)4;1-4-2-6-3-5-1/h5H2,1-4H3,(H2,11,12,13,14,15);4-6H,1-3H2. The summed E-state index contributed by atoms with van der Waals surface area (Å²) in [6, 6.07) is 0. The summed E-state index contributed by atoms with van der Waals surface area (Å²) in [7, 11) is 0. The molecule has 0 atom stereocenters. The predicted octanol–water partition coefficient (Wildman–Crippen LogP) is 0.808. The summed E-state index contributed by atoms with van der Waals surface area (Å²) in [6.07, 6.45) is 0. The van der Waals surface area contributed by atoms with Crippen LogP contribution in [0.5, 0.6) is 0 Å². The van der Waals surface area contributed by atoms with E-state index in [4.69, 9.17) is 11.6 Å². The molecule has 1 aromatic rings. The van der Waals surface area contributed by atoms with Crippen LogP contribution in [0.4, 0.5) is 11.9 Å². The predicted molar refractivity (Wildman–Crippen MR) is 86.4 cm³/mol. The molecule has 5 N–H and O–H groups in total. The molecule has 1 saturated heterocycles. The smallest absolute Gasteiger partial charge is 0.229 e. The van der Waals surface area contributed by atoms with E-state index in [-0.39, 0.29) is 10.8 Å². The summed E-state index contributed by atoms with van der Waals surface area (Å²) >= 11 is 5.77. The van der Waals surface area contributed by atoms with Crippen molar-refractivity contribution in [2.24, 2.45) is 0 Å². The minimum Gasteiger partial charge on any atom is -0.354 e. The number of rotatable bonds is 3. The van der Waals surface area contributed by atoms with Crippen LogP contribution in [-0.2, 0) is 0 Å². The van der Waals surface area contributed by atoms with Crippen LogP contribution in [0.1, 0.15) is 27.7 Å². The van der Waals surface area contributed by atoms with Gasteiger partial charge in [0.1, 0.15) is 0 Å². The van der Waals surface area contributed by atoms with Gasteiger partial charge in [-0.2, -0.15) is 15.0 Å². The first-order valence-corrected chi connectivity index (χ1v) is 7.34. The summed E-state index contributed by atoms with van der Waals surface area (Å²) in [5, 5.41) is 15.5. The molecule has 0 unspecified atom stereocenters. The van der Waals surface area contributed by atoms with Gasteiger partial charge in [0.05, 0.1) is 0 Å². The molecule has 120 valence electrons. The van der Waals surface area contributed by atoms with Crippen LogP contribution in [0.15, 0.2) is 0 Å². The number of hydrogen-bond acceptors (Lipinski definition) is 8. The molecule has 0 radical (unpaired) electrons. The number of halogens is 1. The molecule has 1 aliphatic rings. The Morgan fingerprint density at radius 1 is 1.00 bits per heavy atom. The average molecular weight is 317 g/mol. The van der Waals surface area contributed by atoms with Gasteiger partial charge in [-0.05, 0) is 39.3 Å². The second kappa shape index (κ2) is 8.93. The van der Waals surface area contributed by atoms with Crippen molar-refractivity contribution in [3.05, 3.63) is 5.28 Å². The highest BCUT2D eigenvalue weighted by atomic mass is 35.5. The van der Waals surface area contributed by atoms with E-state index >= 15 is 0 Å². The van der Waals surface area contributed by atoms with Gasteiger partial charge < -0.3 is 10.6 Å². The zero-order valence-corrected chi connectivity index (χ0v) is 13.8. The van der Waals surface area contributed by atoms with E-state index in [0.717, 1.165) is 26.6 Å². The Kier molecular flexibility index (Phi) is 7.58. The molecular formula is C12H25ClN8. The molecule has 8 nitrogen and oxygen atoms in total. The van der Waals surface area contributed by atoms with Gasteiger partial charge in [0, 0.05) is 32.1 Å². The summed E-state index contributed by atoms with van der Waals surface area (Å²) in [5.41, 5.74) is -0.103. The van der Waals surface area contributed by atoms with Crippen LogP contribution >= 0.6 is 11.6 Å². The van der Waals surface area contributed by atoms with E-state index in [1.54, 1.807) is 0 Å². The summed E-state index contributed by atoms with van der Waals surface area (Å²) in [6.45, 7) is 11.6. The minimum atomic E-state index is -0.103. The monoisotopic (exact) mass is 316 g/mol. The van der Waals surface area contributed by atoms with Crippen molar-refractivity contribution in [3.8, 4) is 0 Å². The Bertz CT molecular complexity index is 405. The van der Waals surface area contributed by atoms with Crippen LogP contribution in [0.3, 0.4) is 0 Å². The van der Waals surface area contributed by atoms with Crippen molar-refractivity contribution >= 4 is 23.5 Å². The minimum absolute atomic E-state index is 0.103. The van der Waals surface area contributed by atoms with E-state index in [1.807, 2.05) is 27.7 Å². The maximum absolute atomic E-state index is 5.77. The molecule has 2 heterocycles. The summed E-state index contributed by atoms with van der Waals surface area (Å²) in [5.74, 6) is 0.975. The molecule has 0 aliphatic carbocycles. The van der Waals surface area contributed by atoms with E-state index in [2.05, 4.69) is 41.5 Å². The molecule has 1 aliphatic heterocycles. The van der Waals surface area contributed by atoms with Crippen LogP contribution in [-0.4, -0.2) is 47.0 Å². The SMILES string of the molecule is C1NCNCN1.CCNc1nc(Cl)nc(NC(C)(C)C)n1. The second-order valence-corrected chi connectivity index (χ2v) is 5.78. The Morgan fingerprint density at radius 2 is 1.52 bits per heavy atom. The van der Waals surface area contributed by atoms with Gasteiger partial charge >= 0.3 is 0 Å². The normalized spacial score (nSPS) is 14.9. The van der Waals surface area contributed by atoms with E-state index < -0.39 is 0 Å². The number of nitrogens with zero attached hydrogens (tertiary/aromatic N) is 3. The molecule has 2 rings (SSSR count). The molecule has 9 heteroatoms. The van der Waals surface area contributed by atoms with Gasteiger partial charge in [-0.1, -0.05) is 0 Å². The highest BCUT2D eigenvalue weighted by Gasteiger charge is 2.12. The number of hydrogen-bond donors (Lipinski definition) is 5. The lowest BCUT2D eigenvalue weighted by atomic mass is 10.1. The van der Waals surface area contributed by atoms with Crippen LogP contribution in [0, 0.1) is 0 Å². The van der Waals surface area contributed by atoms with Gasteiger partial charge in [0.2, 0.25) is 17.2 Å². The highest BCUT2D eigenvalue weighted by Crippen LogP contribution is 2.13. The van der Waals surface area contributed by atoms with Gasteiger partial charge in [-0.15, -0.1) is 0 Å². The molecule has 21 heavy (non-hydrogen) atoms. The number of nitrogens with one attached hydrogen (secondary N) is 5. The van der Waals surface area contributed by atoms with Gasteiger partial charge in [-0.25, -0.2) is 0 Å². The molecule has 1 aromatic heterocycles. The molecular weight excluding hydrogens is 292 g/mol. The maximum atomic E-state index is 5.77. The second-order valence-electron chi connectivity index (χ2n) is 5.44. The largest absolute Gasteiger partial charge is 0.354 e. The Balaban J connectivity index is 0.000000304. The zero-order chi connectivity index (χ0) is 15.7. The Morgan fingerprint density at radius 3 is 1.95 bits per heavy atom. The fourth-order valence-corrected chi connectivity index (χ4v) is 1.59. The molecule has 0 amide bonds. The first-order valence-electron chi connectivity index (χ1n) is 6.96. The number of anilines is 2. The van der Waals surface area contributed by atoms with E-state index in [9.17, 15) is 0 Å². The van der Waals surface area contributed by atoms with Gasteiger partial charge in [0.15, 0.2) is 0 Å². The fraction of sp³-hybridized carbons (Fsp3) is 0.750. The summed E-state index contributed by atoms with van der Waals surface area (Å²) in [4.78, 5) is 12.1. The third-order valence-electron chi connectivity index (χ3n) is 2.18. The molecule has 0 spiro atoms. The van der Waals surface area contributed by atoms with Crippen molar-refractivity contribution in [2.45, 2.75) is 33.2 Å². The van der Waals surface area contributed by atoms with Gasteiger partial charge in [-0.3, -0.25) is 16.0 Å². The Hall–Kier alpha value is -1.22. The van der Waals surface area contributed by atoms with Crippen molar-refractivity contribution in [2.75, 3.05) is 37.2 Å². The Labute approximate surface area is 130 Å². The molecule has 1 fully saturated rings. The first-order chi connectivity index (χ1) is 9.90.